The van der Waals surface area contributed by atoms with Gasteiger partial charge in [0.15, 0.2) is 9.84 Å². The predicted octanol–water partition coefficient (Wildman–Crippen LogP) is 3.25. The Bertz CT molecular complexity index is 946. The molecule has 0 bridgehead atoms. The minimum absolute atomic E-state index is 0. The van der Waals surface area contributed by atoms with Crippen LogP contribution >= 0.6 is 24.8 Å². The van der Waals surface area contributed by atoms with Crippen molar-refractivity contribution in [1.29, 1.82) is 0 Å². The number of aromatic hydroxyl groups is 1. The number of benzene rings is 1. The van der Waals surface area contributed by atoms with Crippen molar-refractivity contribution < 1.29 is 13.5 Å². The molecule has 0 fully saturated rings. The molecule has 3 rings (SSSR count). The Hall–Kier alpha value is -1.89. The number of fused-ring (bicyclic) bond motifs is 1. The van der Waals surface area contributed by atoms with Gasteiger partial charge in [-0.2, -0.15) is 0 Å². The van der Waals surface area contributed by atoms with Crippen molar-refractivity contribution in [3.8, 4) is 17.0 Å². The Labute approximate surface area is 146 Å². The fraction of sp³-hybridized carbons (Fsp3) is 0.0667. The summed E-state index contributed by atoms with van der Waals surface area (Å²) in [6, 6.07) is 11.5. The second-order valence-electron chi connectivity index (χ2n) is 4.70. The van der Waals surface area contributed by atoms with Crippen molar-refractivity contribution in [2.24, 2.45) is 0 Å². The third-order valence-corrected chi connectivity index (χ3v) is 4.25. The Morgan fingerprint density at radius 2 is 1.78 bits per heavy atom. The first-order valence-corrected chi connectivity index (χ1v) is 8.09. The van der Waals surface area contributed by atoms with Crippen molar-refractivity contribution in [2.45, 2.75) is 4.90 Å². The molecule has 2 aromatic heterocycles. The normalized spacial score (nSPS) is 10.7. The van der Waals surface area contributed by atoms with Crippen molar-refractivity contribution in [1.82, 2.24) is 9.97 Å². The second-order valence-corrected chi connectivity index (χ2v) is 6.71. The van der Waals surface area contributed by atoms with E-state index >= 15 is 0 Å². The Kier molecular flexibility index (Phi) is 5.93. The van der Waals surface area contributed by atoms with Crippen LogP contribution in [0.2, 0.25) is 0 Å². The Morgan fingerprint density at radius 1 is 1.04 bits per heavy atom. The van der Waals surface area contributed by atoms with E-state index in [-0.39, 0.29) is 35.6 Å². The van der Waals surface area contributed by atoms with Crippen LogP contribution in [0.3, 0.4) is 0 Å². The summed E-state index contributed by atoms with van der Waals surface area (Å²) in [6.45, 7) is 0. The molecule has 0 saturated heterocycles. The number of pyridine rings is 2. The van der Waals surface area contributed by atoms with Gasteiger partial charge in [-0.1, -0.05) is 12.1 Å². The van der Waals surface area contributed by atoms with E-state index in [1.165, 1.54) is 12.3 Å². The first-order valence-electron chi connectivity index (χ1n) is 6.20. The number of nitrogens with zero attached hydrogens (tertiary/aromatic N) is 2. The highest BCUT2D eigenvalue weighted by Crippen LogP contribution is 2.28. The standard InChI is InChI=1S/C15H12N2O3S.2ClH/c1-21(19,20)11-4-2-3-10(9-11)12-7-8-16-13-5-6-14(18)17-15(12)13;;/h2-9H,1H3,(H,17,18);2*1H. The topological polar surface area (TPSA) is 80.2 Å². The summed E-state index contributed by atoms with van der Waals surface area (Å²) < 4.78 is 23.3. The maximum Gasteiger partial charge on any atom is 0.211 e. The number of hydrogen-bond acceptors (Lipinski definition) is 5. The molecule has 23 heavy (non-hydrogen) atoms. The molecule has 0 aliphatic carbocycles. The molecule has 0 amide bonds. The highest BCUT2D eigenvalue weighted by Gasteiger charge is 2.11. The SMILES string of the molecule is CS(=O)(=O)c1cccc(-c2ccnc3ccc(O)nc23)c1.Cl.Cl. The predicted molar refractivity (Wildman–Crippen MR) is 94.2 cm³/mol. The molecule has 0 atom stereocenters. The quantitative estimate of drug-likeness (QED) is 0.746. The molecule has 5 nitrogen and oxygen atoms in total. The first kappa shape index (κ1) is 19.2. The van der Waals surface area contributed by atoms with Gasteiger partial charge < -0.3 is 5.11 Å². The number of halogens is 2. The molecule has 8 heteroatoms. The lowest BCUT2D eigenvalue weighted by molar-refractivity contribution is 0.456. The lowest BCUT2D eigenvalue weighted by atomic mass is 10.1. The van der Waals surface area contributed by atoms with Gasteiger partial charge >= 0.3 is 0 Å². The zero-order valence-corrected chi connectivity index (χ0v) is 14.5. The summed E-state index contributed by atoms with van der Waals surface area (Å²) in [4.78, 5) is 8.52. The van der Waals surface area contributed by atoms with Crippen molar-refractivity contribution in [3.05, 3.63) is 48.7 Å². The van der Waals surface area contributed by atoms with Crippen molar-refractivity contribution in [2.75, 3.05) is 6.26 Å². The van der Waals surface area contributed by atoms with Crippen LogP contribution in [0.5, 0.6) is 5.88 Å². The van der Waals surface area contributed by atoms with E-state index in [0.717, 1.165) is 5.56 Å². The minimum Gasteiger partial charge on any atom is -0.493 e. The third kappa shape index (κ3) is 3.90. The number of rotatable bonds is 2. The fourth-order valence-electron chi connectivity index (χ4n) is 2.14. The van der Waals surface area contributed by atoms with Crippen LogP contribution in [0.1, 0.15) is 0 Å². The monoisotopic (exact) mass is 372 g/mol. The molecule has 3 aromatic rings. The summed E-state index contributed by atoms with van der Waals surface area (Å²) >= 11 is 0. The highest BCUT2D eigenvalue weighted by molar-refractivity contribution is 7.90. The smallest absolute Gasteiger partial charge is 0.211 e. The maximum absolute atomic E-state index is 11.7. The number of sulfone groups is 1. The lowest BCUT2D eigenvalue weighted by Crippen LogP contribution is -1.97. The van der Waals surface area contributed by atoms with E-state index < -0.39 is 9.84 Å². The first-order chi connectivity index (χ1) is 9.95. The van der Waals surface area contributed by atoms with Gasteiger partial charge in [-0.25, -0.2) is 13.4 Å². The van der Waals surface area contributed by atoms with Crippen LogP contribution in [-0.4, -0.2) is 29.7 Å². The molecule has 0 spiro atoms. The molecule has 1 aromatic carbocycles. The number of aromatic nitrogens is 2. The van der Waals surface area contributed by atoms with Crippen molar-refractivity contribution >= 4 is 45.7 Å². The molecule has 0 radical (unpaired) electrons. The van der Waals surface area contributed by atoms with Gasteiger partial charge in [-0.15, -0.1) is 24.8 Å². The Morgan fingerprint density at radius 3 is 2.48 bits per heavy atom. The van der Waals surface area contributed by atoms with Gasteiger partial charge in [0.1, 0.15) is 5.52 Å². The summed E-state index contributed by atoms with van der Waals surface area (Å²) in [5, 5.41) is 9.55. The van der Waals surface area contributed by atoms with Crippen LogP contribution < -0.4 is 0 Å². The summed E-state index contributed by atoms with van der Waals surface area (Å²) in [6.07, 6.45) is 2.80. The molecule has 0 aliphatic heterocycles. The summed E-state index contributed by atoms with van der Waals surface area (Å²) in [5.41, 5.74) is 2.60. The molecule has 0 saturated carbocycles. The van der Waals surface area contributed by atoms with E-state index in [9.17, 15) is 13.5 Å². The van der Waals surface area contributed by atoms with Crippen LogP contribution in [-0.2, 0) is 9.84 Å². The minimum atomic E-state index is -3.28. The van der Waals surface area contributed by atoms with Gasteiger partial charge in [0.25, 0.3) is 0 Å². The second kappa shape index (κ2) is 7.12. The maximum atomic E-state index is 11.7. The largest absolute Gasteiger partial charge is 0.493 e. The third-order valence-electron chi connectivity index (χ3n) is 3.14. The van der Waals surface area contributed by atoms with E-state index in [0.29, 0.717) is 16.6 Å². The summed E-state index contributed by atoms with van der Waals surface area (Å²) in [5.74, 6) is -0.101. The molecule has 0 unspecified atom stereocenters. The van der Waals surface area contributed by atoms with Gasteiger partial charge in [0.05, 0.1) is 10.4 Å². The van der Waals surface area contributed by atoms with E-state index in [4.69, 9.17) is 0 Å². The molecule has 122 valence electrons. The average molecular weight is 373 g/mol. The van der Waals surface area contributed by atoms with Gasteiger partial charge in [-0.05, 0) is 29.8 Å². The van der Waals surface area contributed by atoms with E-state index in [1.54, 1.807) is 42.6 Å². The lowest BCUT2D eigenvalue weighted by Gasteiger charge is -2.07. The van der Waals surface area contributed by atoms with Gasteiger partial charge in [0, 0.05) is 24.1 Å². The van der Waals surface area contributed by atoms with Crippen LogP contribution in [0.15, 0.2) is 53.6 Å². The molecular weight excluding hydrogens is 359 g/mol. The van der Waals surface area contributed by atoms with Crippen LogP contribution in [0.25, 0.3) is 22.2 Å². The molecule has 2 heterocycles. The van der Waals surface area contributed by atoms with Gasteiger partial charge in [0.2, 0.25) is 5.88 Å². The van der Waals surface area contributed by atoms with Crippen LogP contribution in [0.4, 0.5) is 0 Å². The Balaban J connectivity index is 0.00000132. The molecular formula is C15H14Cl2N2O3S. The highest BCUT2D eigenvalue weighted by atomic mass is 35.5. The zero-order chi connectivity index (χ0) is 15.0. The number of hydrogen-bond donors (Lipinski definition) is 1. The molecule has 0 aliphatic rings. The fourth-order valence-corrected chi connectivity index (χ4v) is 2.81. The summed E-state index contributed by atoms with van der Waals surface area (Å²) in [7, 11) is -3.28. The zero-order valence-electron chi connectivity index (χ0n) is 12.0. The average Bonchev–Trinajstić information content (AvgIpc) is 2.46. The van der Waals surface area contributed by atoms with Crippen molar-refractivity contribution in [3.63, 3.8) is 0 Å². The van der Waals surface area contributed by atoms with E-state index in [2.05, 4.69) is 9.97 Å². The van der Waals surface area contributed by atoms with Gasteiger partial charge in [-0.3, -0.25) is 4.98 Å². The molecule has 1 N–H and O–H groups in total. The van der Waals surface area contributed by atoms with Crippen LogP contribution in [0, 0.1) is 0 Å². The van der Waals surface area contributed by atoms with E-state index in [1.807, 2.05) is 0 Å².